The highest BCUT2D eigenvalue weighted by Crippen LogP contribution is 2.31. The average Bonchev–Trinajstić information content (AvgIpc) is 2.78. The van der Waals surface area contributed by atoms with E-state index >= 15 is 0 Å². The Bertz CT molecular complexity index is 904. The molecular formula is C22H26O7S. The summed E-state index contributed by atoms with van der Waals surface area (Å²) in [5.74, 6) is -0.265. The van der Waals surface area contributed by atoms with Gasteiger partial charge < -0.3 is 23.7 Å². The lowest BCUT2D eigenvalue weighted by atomic mass is 10.0. The van der Waals surface area contributed by atoms with Gasteiger partial charge in [-0.05, 0) is 17.7 Å². The van der Waals surface area contributed by atoms with Crippen LogP contribution in [0.25, 0.3) is 0 Å². The summed E-state index contributed by atoms with van der Waals surface area (Å²) in [7, 11) is -1.96. The second kappa shape index (κ2) is 9.55. The van der Waals surface area contributed by atoms with Gasteiger partial charge in [-0.15, -0.1) is 0 Å². The summed E-state index contributed by atoms with van der Waals surface area (Å²) < 4.78 is 54.5. The Morgan fingerprint density at radius 3 is 2.40 bits per heavy atom. The number of hydrogen-bond acceptors (Lipinski definition) is 7. The summed E-state index contributed by atoms with van der Waals surface area (Å²) in [5.41, 5.74) is 1.05. The summed E-state index contributed by atoms with van der Waals surface area (Å²) >= 11 is 0. The molecule has 0 spiro atoms. The van der Waals surface area contributed by atoms with Crippen molar-refractivity contribution in [3.05, 3.63) is 66.2 Å². The smallest absolute Gasteiger partial charge is 0.183 e. The summed E-state index contributed by atoms with van der Waals surface area (Å²) in [4.78, 5) is 0.246. The molecule has 2 fully saturated rings. The first-order chi connectivity index (χ1) is 14.5. The molecule has 4 rings (SSSR count). The van der Waals surface area contributed by atoms with Crippen molar-refractivity contribution in [3.8, 4) is 0 Å². The molecular weight excluding hydrogens is 408 g/mol. The molecule has 162 valence electrons. The standard InChI is InChI=1S/C22H26O7S/c1-25-20-12-18(26-13-16-8-4-2-5-9-16)22-19(28-20)14-27-21(29-22)15-30(23,24)17-10-6-3-7-11-17/h2-11,18-22H,12-15H2,1H3/t18-,19-,20?,21?,22+/m1/s1. The van der Waals surface area contributed by atoms with Crippen LogP contribution in [0.2, 0.25) is 0 Å². The maximum atomic E-state index is 12.7. The molecule has 8 heteroatoms. The fraction of sp³-hybridized carbons (Fsp3) is 0.455. The Labute approximate surface area is 176 Å². The molecule has 2 unspecified atom stereocenters. The van der Waals surface area contributed by atoms with Gasteiger partial charge in [0.15, 0.2) is 22.4 Å². The third-order valence-corrected chi connectivity index (χ3v) is 6.97. The summed E-state index contributed by atoms with van der Waals surface area (Å²) in [6, 6.07) is 18.1. The minimum Gasteiger partial charge on any atom is -0.371 e. The van der Waals surface area contributed by atoms with Gasteiger partial charge >= 0.3 is 0 Å². The Morgan fingerprint density at radius 1 is 1.00 bits per heavy atom. The lowest BCUT2D eigenvalue weighted by molar-refractivity contribution is -0.332. The maximum Gasteiger partial charge on any atom is 0.183 e. The van der Waals surface area contributed by atoms with E-state index in [0.717, 1.165) is 5.56 Å². The highest BCUT2D eigenvalue weighted by atomic mass is 32.2. The van der Waals surface area contributed by atoms with Crippen LogP contribution in [0.4, 0.5) is 0 Å². The molecule has 2 saturated heterocycles. The van der Waals surface area contributed by atoms with Crippen LogP contribution in [-0.2, 0) is 40.1 Å². The number of methoxy groups -OCH3 is 1. The molecule has 0 aliphatic carbocycles. The second-order valence-corrected chi connectivity index (χ2v) is 9.40. The van der Waals surface area contributed by atoms with E-state index in [9.17, 15) is 8.42 Å². The van der Waals surface area contributed by atoms with Crippen LogP contribution in [0.5, 0.6) is 0 Å². The van der Waals surface area contributed by atoms with Gasteiger partial charge in [0.2, 0.25) is 0 Å². The lowest BCUT2D eigenvalue weighted by Crippen LogP contribution is -2.58. The van der Waals surface area contributed by atoms with Crippen molar-refractivity contribution in [1.29, 1.82) is 0 Å². The van der Waals surface area contributed by atoms with Crippen molar-refractivity contribution in [2.75, 3.05) is 19.5 Å². The van der Waals surface area contributed by atoms with Crippen LogP contribution in [0.3, 0.4) is 0 Å². The Morgan fingerprint density at radius 2 is 1.70 bits per heavy atom. The van der Waals surface area contributed by atoms with E-state index in [1.807, 2.05) is 30.3 Å². The van der Waals surface area contributed by atoms with Crippen LogP contribution < -0.4 is 0 Å². The lowest BCUT2D eigenvalue weighted by Gasteiger charge is -2.45. The molecule has 2 aliphatic rings. The summed E-state index contributed by atoms with van der Waals surface area (Å²) in [6.07, 6.45) is -1.96. The molecule has 0 radical (unpaired) electrons. The van der Waals surface area contributed by atoms with Crippen molar-refractivity contribution in [3.63, 3.8) is 0 Å². The van der Waals surface area contributed by atoms with E-state index < -0.39 is 28.5 Å². The van der Waals surface area contributed by atoms with Crippen molar-refractivity contribution in [2.24, 2.45) is 0 Å². The maximum absolute atomic E-state index is 12.7. The normalized spacial score (nSPS) is 29.3. The number of sulfone groups is 1. The van der Waals surface area contributed by atoms with Gasteiger partial charge in [0.1, 0.15) is 18.0 Å². The SMILES string of the molecule is COC1C[C@@H](OCc2ccccc2)[C@@H]2OC(CS(=O)(=O)c3ccccc3)OC[C@H]2O1. The van der Waals surface area contributed by atoms with Gasteiger partial charge in [-0.3, -0.25) is 0 Å². The molecule has 0 bridgehead atoms. The average molecular weight is 435 g/mol. The first-order valence-corrected chi connectivity index (χ1v) is 11.6. The quantitative estimate of drug-likeness (QED) is 0.663. The number of ether oxygens (including phenoxy) is 5. The second-order valence-electron chi connectivity index (χ2n) is 7.37. The van der Waals surface area contributed by atoms with E-state index in [2.05, 4.69) is 0 Å². The van der Waals surface area contributed by atoms with Crippen LogP contribution in [-0.4, -0.2) is 58.8 Å². The number of fused-ring (bicyclic) bond motifs is 1. The predicted molar refractivity (Wildman–Crippen MR) is 108 cm³/mol. The Balaban J connectivity index is 1.44. The molecule has 0 amide bonds. The van der Waals surface area contributed by atoms with E-state index in [4.69, 9.17) is 23.7 Å². The summed E-state index contributed by atoms with van der Waals surface area (Å²) in [6.45, 7) is 0.632. The Hall–Kier alpha value is -1.81. The third-order valence-electron chi connectivity index (χ3n) is 5.27. The molecule has 2 aromatic rings. The number of benzene rings is 2. The fourth-order valence-electron chi connectivity index (χ4n) is 3.70. The van der Waals surface area contributed by atoms with Gasteiger partial charge in [-0.1, -0.05) is 48.5 Å². The highest BCUT2D eigenvalue weighted by molar-refractivity contribution is 7.91. The topological polar surface area (TPSA) is 80.3 Å². The zero-order valence-corrected chi connectivity index (χ0v) is 17.6. The van der Waals surface area contributed by atoms with E-state index in [-0.39, 0.29) is 29.5 Å². The first kappa shape index (κ1) is 21.4. The monoisotopic (exact) mass is 434 g/mol. The minimum absolute atomic E-state index is 0.213. The van der Waals surface area contributed by atoms with Gasteiger partial charge in [0.05, 0.1) is 24.2 Å². The highest BCUT2D eigenvalue weighted by Gasteiger charge is 2.45. The van der Waals surface area contributed by atoms with Gasteiger partial charge in [-0.25, -0.2) is 8.42 Å². The van der Waals surface area contributed by atoms with Gasteiger partial charge in [0, 0.05) is 13.5 Å². The van der Waals surface area contributed by atoms with E-state index in [1.54, 1.807) is 37.4 Å². The zero-order valence-electron chi connectivity index (χ0n) is 16.8. The molecule has 2 heterocycles. The molecule has 2 aliphatic heterocycles. The molecule has 7 nitrogen and oxygen atoms in total. The first-order valence-electron chi connectivity index (χ1n) is 9.94. The van der Waals surface area contributed by atoms with Crippen molar-refractivity contribution < 1.29 is 32.1 Å². The number of rotatable bonds is 7. The summed E-state index contributed by atoms with van der Waals surface area (Å²) in [5, 5.41) is 0. The largest absolute Gasteiger partial charge is 0.371 e. The zero-order chi connectivity index (χ0) is 21.0. The van der Waals surface area contributed by atoms with Crippen LogP contribution in [0, 0.1) is 0 Å². The van der Waals surface area contributed by atoms with Crippen molar-refractivity contribution >= 4 is 9.84 Å². The molecule has 0 N–H and O–H groups in total. The molecule has 0 saturated carbocycles. The number of hydrogen-bond donors (Lipinski definition) is 0. The molecule has 0 aromatic heterocycles. The van der Waals surface area contributed by atoms with Gasteiger partial charge in [-0.2, -0.15) is 0 Å². The third kappa shape index (κ3) is 5.08. The van der Waals surface area contributed by atoms with E-state index in [0.29, 0.717) is 13.0 Å². The predicted octanol–water partition coefficient (Wildman–Crippen LogP) is 2.55. The van der Waals surface area contributed by atoms with Crippen LogP contribution in [0.1, 0.15) is 12.0 Å². The molecule has 30 heavy (non-hydrogen) atoms. The van der Waals surface area contributed by atoms with Gasteiger partial charge in [0.25, 0.3) is 0 Å². The minimum atomic E-state index is -3.54. The fourth-order valence-corrected chi connectivity index (χ4v) is 5.00. The van der Waals surface area contributed by atoms with Crippen molar-refractivity contribution in [2.45, 2.75) is 48.8 Å². The molecule has 5 atom stereocenters. The van der Waals surface area contributed by atoms with E-state index in [1.165, 1.54) is 0 Å². The molecule has 2 aromatic carbocycles. The van der Waals surface area contributed by atoms with Crippen LogP contribution >= 0.6 is 0 Å². The van der Waals surface area contributed by atoms with Crippen LogP contribution in [0.15, 0.2) is 65.6 Å². The van der Waals surface area contributed by atoms with Crippen molar-refractivity contribution in [1.82, 2.24) is 0 Å². The Kier molecular flexibility index (Phi) is 6.82.